The first-order valence-corrected chi connectivity index (χ1v) is 8.47. The molecule has 3 N–H and O–H groups in total. The molecule has 0 saturated carbocycles. The van der Waals surface area contributed by atoms with Crippen molar-refractivity contribution in [2.75, 3.05) is 20.1 Å². The van der Waals surface area contributed by atoms with Gasteiger partial charge in [-0.2, -0.15) is 4.31 Å². The zero-order valence-electron chi connectivity index (χ0n) is 12.2. The highest BCUT2D eigenvalue weighted by atomic mass is 32.2. The average molecular weight is 314 g/mol. The van der Waals surface area contributed by atoms with Crippen molar-refractivity contribution in [3.05, 3.63) is 29.8 Å². The first-order valence-electron chi connectivity index (χ1n) is 7.03. The Balaban J connectivity index is 2.31. The van der Waals surface area contributed by atoms with Gasteiger partial charge in [-0.05, 0) is 31.2 Å². The van der Waals surface area contributed by atoms with Gasteiger partial charge in [-0.25, -0.2) is 8.42 Å². The first-order chi connectivity index (χ1) is 9.90. The SMILES string of the molecule is CCC(NC)c1cccc(S(=O)(=O)N2CC(O)C(O)C2)c1. The van der Waals surface area contributed by atoms with E-state index in [1.165, 1.54) is 6.07 Å². The minimum absolute atomic E-state index is 0.0725. The van der Waals surface area contributed by atoms with E-state index in [1.807, 2.05) is 20.0 Å². The van der Waals surface area contributed by atoms with Crippen LogP contribution in [0, 0.1) is 0 Å². The maximum absolute atomic E-state index is 12.6. The second kappa shape index (κ2) is 6.41. The lowest BCUT2D eigenvalue weighted by Crippen LogP contribution is -2.30. The van der Waals surface area contributed by atoms with Gasteiger partial charge in [0.2, 0.25) is 10.0 Å². The van der Waals surface area contributed by atoms with Crippen LogP contribution in [0.25, 0.3) is 0 Å². The summed E-state index contributed by atoms with van der Waals surface area (Å²) < 4.78 is 26.2. The third kappa shape index (κ3) is 3.27. The van der Waals surface area contributed by atoms with Crippen molar-refractivity contribution >= 4 is 10.0 Å². The van der Waals surface area contributed by atoms with E-state index in [0.29, 0.717) is 0 Å². The standard InChI is InChI=1S/C14H22N2O4S/c1-3-12(15-2)10-5-4-6-11(7-10)21(19,20)16-8-13(17)14(18)9-16/h4-7,12-15,17-18H,3,8-9H2,1-2H3. The second-order valence-electron chi connectivity index (χ2n) is 5.28. The van der Waals surface area contributed by atoms with Gasteiger partial charge in [-0.15, -0.1) is 0 Å². The van der Waals surface area contributed by atoms with Gasteiger partial charge < -0.3 is 15.5 Å². The Bertz CT molecular complexity index is 576. The van der Waals surface area contributed by atoms with Crippen LogP contribution in [0.4, 0.5) is 0 Å². The predicted molar refractivity (Wildman–Crippen MR) is 79.3 cm³/mol. The third-order valence-corrected chi connectivity index (χ3v) is 5.71. The molecule has 2 rings (SSSR count). The molecule has 0 aromatic heterocycles. The monoisotopic (exact) mass is 314 g/mol. The van der Waals surface area contributed by atoms with Gasteiger partial charge in [0.05, 0.1) is 17.1 Å². The first kappa shape index (κ1) is 16.4. The number of rotatable bonds is 5. The summed E-state index contributed by atoms with van der Waals surface area (Å²) in [5.41, 5.74) is 0.904. The Morgan fingerprint density at radius 2 is 1.95 bits per heavy atom. The van der Waals surface area contributed by atoms with Crippen LogP contribution < -0.4 is 5.32 Å². The molecule has 118 valence electrons. The van der Waals surface area contributed by atoms with Gasteiger partial charge in [0.1, 0.15) is 0 Å². The Hall–Kier alpha value is -0.990. The number of hydrogen-bond donors (Lipinski definition) is 3. The molecule has 3 unspecified atom stereocenters. The molecule has 1 aromatic carbocycles. The number of hydrogen-bond acceptors (Lipinski definition) is 5. The van der Waals surface area contributed by atoms with Crippen LogP contribution in [0.2, 0.25) is 0 Å². The number of aliphatic hydroxyl groups is 2. The molecule has 7 heteroatoms. The van der Waals surface area contributed by atoms with Crippen LogP contribution in [0.5, 0.6) is 0 Å². The maximum atomic E-state index is 12.6. The third-order valence-electron chi connectivity index (χ3n) is 3.88. The minimum Gasteiger partial charge on any atom is -0.389 e. The lowest BCUT2D eigenvalue weighted by atomic mass is 10.1. The molecule has 21 heavy (non-hydrogen) atoms. The summed E-state index contributed by atoms with van der Waals surface area (Å²) >= 11 is 0. The molecule has 6 nitrogen and oxygen atoms in total. The van der Waals surface area contributed by atoms with Gasteiger partial charge in [0.25, 0.3) is 0 Å². The topological polar surface area (TPSA) is 89.9 Å². The molecule has 3 atom stereocenters. The highest BCUT2D eigenvalue weighted by Crippen LogP contribution is 2.24. The quantitative estimate of drug-likeness (QED) is 0.716. The summed E-state index contributed by atoms with van der Waals surface area (Å²) in [4.78, 5) is 0.190. The average Bonchev–Trinajstić information content (AvgIpc) is 2.81. The Morgan fingerprint density at radius 3 is 2.48 bits per heavy atom. The molecule has 1 fully saturated rings. The van der Waals surface area contributed by atoms with Crippen molar-refractivity contribution in [3.63, 3.8) is 0 Å². The molecule has 1 aliphatic rings. The number of nitrogens with zero attached hydrogens (tertiary/aromatic N) is 1. The fourth-order valence-corrected chi connectivity index (χ4v) is 4.11. The van der Waals surface area contributed by atoms with E-state index in [2.05, 4.69) is 5.32 Å². The van der Waals surface area contributed by atoms with Crippen LogP contribution >= 0.6 is 0 Å². The highest BCUT2D eigenvalue weighted by Gasteiger charge is 2.37. The van der Waals surface area contributed by atoms with Crippen molar-refractivity contribution in [1.82, 2.24) is 9.62 Å². The number of benzene rings is 1. The van der Waals surface area contributed by atoms with Crippen molar-refractivity contribution in [2.24, 2.45) is 0 Å². The van der Waals surface area contributed by atoms with Crippen LogP contribution in [-0.4, -0.2) is 55.3 Å². The van der Waals surface area contributed by atoms with Crippen molar-refractivity contribution in [1.29, 1.82) is 0 Å². The smallest absolute Gasteiger partial charge is 0.243 e. The van der Waals surface area contributed by atoms with Crippen molar-refractivity contribution < 1.29 is 18.6 Å². The molecule has 1 saturated heterocycles. The van der Waals surface area contributed by atoms with Crippen molar-refractivity contribution in [3.8, 4) is 0 Å². The van der Waals surface area contributed by atoms with E-state index >= 15 is 0 Å². The number of nitrogens with one attached hydrogen (secondary N) is 1. The Morgan fingerprint density at radius 1 is 1.33 bits per heavy atom. The summed E-state index contributed by atoms with van der Waals surface area (Å²) in [5.74, 6) is 0. The zero-order valence-corrected chi connectivity index (χ0v) is 13.0. The van der Waals surface area contributed by atoms with Gasteiger partial charge in [0.15, 0.2) is 0 Å². The lowest BCUT2D eigenvalue weighted by molar-refractivity contribution is 0.0572. The molecular formula is C14H22N2O4S. The second-order valence-corrected chi connectivity index (χ2v) is 7.22. The molecule has 1 aliphatic heterocycles. The van der Waals surface area contributed by atoms with Crippen LogP contribution in [-0.2, 0) is 10.0 Å². The van der Waals surface area contributed by atoms with E-state index in [-0.39, 0.29) is 24.0 Å². The summed E-state index contributed by atoms with van der Waals surface area (Å²) in [6.07, 6.45) is -1.20. The molecule has 1 aromatic rings. The van der Waals surface area contributed by atoms with Gasteiger partial charge in [-0.3, -0.25) is 0 Å². The van der Waals surface area contributed by atoms with Crippen molar-refractivity contribution in [2.45, 2.75) is 36.5 Å². The molecule has 0 radical (unpaired) electrons. The molecule has 1 heterocycles. The molecule has 0 amide bonds. The molecule has 0 aliphatic carbocycles. The number of aliphatic hydroxyl groups excluding tert-OH is 2. The lowest BCUT2D eigenvalue weighted by Gasteiger charge is -2.18. The van der Waals surface area contributed by atoms with E-state index < -0.39 is 22.2 Å². The fourth-order valence-electron chi connectivity index (χ4n) is 2.58. The summed E-state index contributed by atoms with van der Waals surface area (Å²) in [6, 6.07) is 6.88. The normalized spacial score (nSPS) is 25.1. The Kier molecular flexibility index (Phi) is 5.00. The van der Waals surface area contributed by atoms with E-state index in [4.69, 9.17) is 0 Å². The van der Waals surface area contributed by atoms with Crippen LogP contribution in [0.15, 0.2) is 29.2 Å². The summed E-state index contributed by atoms with van der Waals surface area (Å²) in [7, 11) is -1.86. The molecule has 0 spiro atoms. The van der Waals surface area contributed by atoms with Crippen LogP contribution in [0.1, 0.15) is 24.9 Å². The van der Waals surface area contributed by atoms with Gasteiger partial charge >= 0.3 is 0 Å². The van der Waals surface area contributed by atoms with Crippen LogP contribution in [0.3, 0.4) is 0 Å². The summed E-state index contributed by atoms with van der Waals surface area (Å²) in [6.45, 7) is 1.88. The molecular weight excluding hydrogens is 292 g/mol. The largest absolute Gasteiger partial charge is 0.389 e. The minimum atomic E-state index is -3.69. The molecule has 0 bridgehead atoms. The maximum Gasteiger partial charge on any atom is 0.243 e. The van der Waals surface area contributed by atoms with E-state index in [1.54, 1.807) is 12.1 Å². The zero-order chi connectivity index (χ0) is 15.6. The number of sulfonamides is 1. The van der Waals surface area contributed by atoms with E-state index in [9.17, 15) is 18.6 Å². The van der Waals surface area contributed by atoms with E-state index in [0.717, 1.165) is 16.3 Å². The fraction of sp³-hybridized carbons (Fsp3) is 0.571. The summed E-state index contributed by atoms with van der Waals surface area (Å²) in [5, 5.41) is 22.2. The predicted octanol–water partition coefficient (Wildman–Crippen LogP) is 0.0832. The number of β-amino-alcohol motifs (C(OH)–C–C–N with tert-alkyl or cyclic N) is 2. The highest BCUT2D eigenvalue weighted by molar-refractivity contribution is 7.89. The Labute approximate surface area is 125 Å². The van der Waals surface area contributed by atoms with Gasteiger partial charge in [-0.1, -0.05) is 19.1 Å². The van der Waals surface area contributed by atoms with Gasteiger partial charge in [0, 0.05) is 19.1 Å².